The molecule has 2 aromatic rings. The van der Waals surface area contributed by atoms with Crippen LogP contribution in [0.2, 0.25) is 5.02 Å². The number of nitrogens with two attached hydrogens (primary N) is 1. The highest BCUT2D eigenvalue weighted by atomic mass is 35.5. The molecule has 0 bridgehead atoms. The topological polar surface area (TPSA) is 68.9 Å². The molecule has 0 fully saturated rings. The van der Waals surface area contributed by atoms with Crippen molar-refractivity contribution in [2.75, 3.05) is 25.1 Å². The first kappa shape index (κ1) is 17.4. The maximum atomic E-state index is 13.0. The minimum Gasteiger partial charge on any atom is -0.490 e. The zero-order valence-corrected chi connectivity index (χ0v) is 14.4. The molecule has 1 aliphatic rings. The highest BCUT2D eigenvalue weighted by Gasteiger charge is 2.10. The summed E-state index contributed by atoms with van der Waals surface area (Å²) in [6.07, 6.45) is 1.43. The number of halogens is 2. The molecule has 0 aliphatic carbocycles. The monoisotopic (exact) mass is 363 g/mol. The summed E-state index contributed by atoms with van der Waals surface area (Å²) in [5.74, 6) is 1.35. The van der Waals surface area contributed by atoms with Crippen LogP contribution in [-0.4, -0.2) is 25.7 Å². The molecule has 0 spiro atoms. The quantitative estimate of drug-likeness (QED) is 0.643. The Bertz CT molecular complexity index is 783. The zero-order valence-electron chi connectivity index (χ0n) is 13.6. The van der Waals surface area contributed by atoms with Gasteiger partial charge in [-0.2, -0.15) is 0 Å². The van der Waals surface area contributed by atoms with Gasteiger partial charge in [-0.25, -0.2) is 4.39 Å². The summed E-state index contributed by atoms with van der Waals surface area (Å²) in [4.78, 5) is 4.27. The third-order valence-corrected chi connectivity index (χ3v) is 4.05. The lowest BCUT2D eigenvalue weighted by Crippen LogP contribution is -2.23. The van der Waals surface area contributed by atoms with E-state index in [0.717, 1.165) is 23.4 Å². The predicted molar refractivity (Wildman–Crippen MR) is 97.3 cm³/mol. The Balaban J connectivity index is 1.59. The van der Waals surface area contributed by atoms with E-state index < -0.39 is 0 Å². The van der Waals surface area contributed by atoms with E-state index in [1.165, 1.54) is 12.1 Å². The molecule has 2 aromatic carbocycles. The van der Waals surface area contributed by atoms with E-state index in [-0.39, 0.29) is 11.8 Å². The largest absolute Gasteiger partial charge is 0.490 e. The smallest absolute Gasteiger partial charge is 0.193 e. The summed E-state index contributed by atoms with van der Waals surface area (Å²) in [5, 5.41) is 3.41. The number of anilines is 1. The minimum absolute atomic E-state index is 0.285. The minimum atomic E-state index is -0.354. The lowest BCUT2D eigenvalue weighted by atomic mass is 10.1. The predicted octanol–water partition coefficient (Wildman–Crippen LogP) is 3.61. The highest BCUT2D eigenvalue weighted by Crippen LogP contribution is 2.32. The number of rotatable bonds is 4. The van der Waals surface area contributed by atoms with Crippen molar-refractivity contribution in [3.8, 4) is 11.5 Å². The van der Waals surface area contributed by atoms with E-state index in [2.05, 4.69) is 10.3 Å². The molecule has 0 saturated carbocycles. The number of fused-ring (bicyclic) bond motifs is 1. The third kappa shape index (κ3) is 4.76. The Labute approximate surface area is 150 Å². The van der Waals surface area contributed by atoms with E-state index in [4.69, 9.17) is 26.8 Å². The number of nitrogens with zero attached hydrogens (tertiary/aromatic N) is 1. The maximum absolute atomic E-state index is 13.0. The zero-order chi connectivity index (χ0) is 17.6. The normalized spacial score (nSPS) is 14.1. The molecule has 25 heavy (non-hydrogen) atoms. The summed E-state index contributed by atoms with van der Waals surface area (Å²) >= 11 is 5.99. The van der Waals surface area contributed by atoms with E-state index >= 15 is 0 Å². The molecule has 5 nitrogen and oxygen atoms in total. The van der Waals surface area contributed by atoms with E-state index in [1.54, 1.807) is 6.07 Å². The van der Waals surface area contributed by atoms with Crippen LogP contribution in [0, 0.1) is 5.82 Å². The second kappa shape index (κ2) is 8.07. The molecule has 1 heterocycles. The number of aliphatic imine (C=N–C) groups is 1. The van der Waals surface area contributed by atoms with Gasteiger partial charge in [0.25, 0.3) is 0 Å². The number of hydrogen-bond donors (Lipinski definition) is 2. The van der Waals surface area contributed by atoms with Crippen LogP contribution in [0.4, 0.5) is 10.1 Å². The van der Waals surface area contributed by atoms with Gasteiger partial charge in [0, 0.05) is 29.7 Å². The number of hydrogen-bond acceptors (Lipinski definition) is 3. The number of benzene rings is 2. The molecule has 0 aromatic heterocycles. The van der Waals surface area contributed by atoms with E-state index in [9.17, 15) is 4.39 Å². The summed E-state index contributed by atoms with van der Waals surface area (Å²) < 4.78 is 24.3. The Kier molecular flexibility index (Phi) is 5.60. The molecule has 0 atom stereocenters. The Hall–Kier alpha value is -2.47. The van der Waals surface area contributed by atoms with Crippen molar-refractivity contribution in [2.24, 2.45) is 10.7 Å². The van der Waals surface area contributed by atoms with Gasteiger partial charge in [0.05, 0.1) is 13.2 Å². The first-order chi connectivity index (χ1) is 12.1. The summed E-state index contributed by atoms with van der Waals surface area (Å²) in [7, 11) is 0. The molecule has 0 unspecified atom stereocenters. The van der Waals surface area contributed by atoms with Crippen molar-refractivity contribution in [1.29, 1.82) is 0 Å². The van der Waals surface area contributed by atoms with Gasteiger partial charge in [0.15, 0.2) is 17.5 Å². The van der Waals surface area contributed by atoms with Crippen molar-refractivity contribution < 1.29 is 13.9 Å². The molecular weight excluding hydrogens is 345 g/mol. The second-order valence-electron chi connectivity index (χ2n) is 5.59. The fourth-order valence-corrected chi connectivity index (χ4v) is 2.71. The molecule has 132 valence electrons. The molecule has 0 radical (unpaired) electrons. The lowest BCUT2D eigenvalue weighted by molar-refractivity contribution is 0.297. The average Bonchev–Trinajstić information content (AvgIpc) is 2.82. The van der Waals surface area contributed by atoms with Crippen LogP contribution in [-0.2, 0) is 6.42 Å². The fourth-order valence-electron chi connectivity index (χ4n) is 2.45. The first-order valence-corrected chi connectivity index (χ1v) is 8.40. The average molecular weight is 364 g/mol. The van der Waals surface area contributed by atoms with Gasteiger partial charge in [0.2, 0.25) is 0 Å². The van der Waals surface area contributed by atoms with Gasteiger partial charge < -0.3 is 20.5 Å². The maximum Gasteiger partial charge on any atom is 0.193 e. The van der Waals surface area contributed by atoms with Crippen LogP contribution in [0.25, 0.3) is 0 Å². The Morgan fingerprint density at radius 2 is 1.96 bits per heavy atom. The summed E-state index contributed by atoms with van der Waals surface area (Å²) in [5.41, 5.74) is 7.51. The highest BCUT2D eigenvalue weighted by molar-refractivity contribution is 6.31. The van der Waals surface area contributed by atoms with Crippen molar-refractivity contribution in [2.45, 2.75) is 12.8 Å². The second-order valence-corrected chi connectivity index (χ2v) is 6.00. The Morgan fingerprint density at radius 3 is 2.76 bits per heavy atom. The molecule has 7 heteroatoms. The molecule has 3 N–H and O–H groups in total. The summed E-state index contributed by atoms with van der Waals surface area (Å²) in [6.45, 7) is 1.71. The van der Waals surface area contributed by atoms with Gasteiger partial charge >= 0.3 is 0 Å². The van der Waals surface area contributed by atoms with Crippen LogP contribution in [0.5, 0.6) is 11.5 Å². The van der Waals surface area contributed by atoms with Gasteiger partial charge in [-0.3, -0.25) is 4.99 Å². The molecule has 0 amide bonds. The van der Waals surface area contributed by atoms with Crippen molar-refractivity contribution >= 4 is 23.2 Å². The lowest BCUT2D eigenvalue weighted by Gasteiger charge is -2.11. The molecular formula is C18H19ClFN3O2. The van der Waals surface area contributed by atoms with Gasteiger partial charge in [-0.15, -0.1) is 0 Å². The van der Waals surface area contributed by atoms with E-state index in [1.807, 2.05) is 18.2 Å². The summed E-state index contributed by atoms with van der Waals surface area (Å²) in [6, 6.07) is 9.85. The number of nitrogens with one attached hydrogen (secondary N) is 1. The van der Waals surface area contributed by atoms with Crippen molar-refractivity contribution in [1.82, 2.24) is 0 Å². The third-order valence-electron chi connectivity index (χ3n) is 3.70. The SMILES string of the molecule is NC(=NCCc1ccc(F)cc1Cl)Nc1ccc2c(c1)OCCCO2. The fraction of sp³-hybridized carbons (Fsp3) is 0.278. The number of ether oxygens (including phenoxy) is 2. The molecule has 1 aliphatic heterocycles. The van der Waals surface area contributed by atoms with Gasteiger partial charge in [-0.05, 0) is 36.2 Å². The van der Waals surface area contributed by atoms with E-state index in [0.29, 0.717) is 37.0 Å². The van der Waals surface area contributed by atoms with Crippen LogP contribution < -0.4 is 20.5 Å². The molecule has 3 rings (SSSR count). The standard InChI is InChI=1S/C18H19ClFN3O2/c19-15-10-13(20)3-2-12(15)6-7-22-18(21)23-14-4-5-16-17(11-14)25-9-1-8-24-16/h2-5,10-11H,1,6-9H2,(H3,21,22,23). The van der Waals surface area contributed by atoms with Crippen LogP contribution in [0.1, 0.15) is 12.0 Å². The Morgan fingerprint density at radius 1 is 1.16 bits per heavy atom. The van der Waals surface area contributed by atoms with Gasteiger partial charge in [-0.1, -0.05) is 17.7 Å². The van der Waals surface area contributed by atoms with Crippen molar-refractivity contribution in [3.05, 3.63) is 52.8 Å². The number of guanidine groups is 1. The van der Waals surface area contributed by atoms with Crippen molar-refractivity contribution in [3.63, 3.8) is 0 Å². The molecule has 0 saturated heterocycles. The van der Waals surface area contributed by atoms with Gasteiger partial charge in [0.1, 0.15) is 5.82 Å². The van der Waals surface area contributed by atoms with Crippen LogP contribution >= 0.6 is 11.6 Å². The van der Waals surface area contributed by atoms with Crippen LogP contribution in [0.15, 0.2) is 41.4 Å². The van der Waals surface area contributed by atoms with Crippen LogP contribution in [0.3, 0.4) is 0 Å². The first-order valence-electron chi connectivity index (χ1n) is 8.02.